The Bertz CT molecular complexity index is 424. The van der Waals surface area contributed by atoms with Crippen molar-refractivity contribution in [2.24, 2.45) is 16.0 Å². The van der Waals surface area contributed by atoms with Crippen LogP contribution in [0.3, 0.4) is 0 Å². The highest BCUT2D eigenvalue weighted by Gasteiger charge is 2.33. The highest BCUT2D eigenvalue weighted by Crippen LogP contribution is 2.29. The van der Waals surface area contributed by atoms with E-state index in [1.807, 2.05) is 30.3 Å². The van der Waals surface area contributed by atoms with Gasteiger partial charge in [0.25, 0.3) is 0 Å². The van der Waals surface area contributed by atoms with Crippen molar-refractivity contribution in [2.75, 3.05) is 6.54 Å². The van der Waals surface area contributed by atoms with Gasteiger partial charge in [-0.2, -0.15) is 5.11 Å². The van der Waals surface area contributed by atoms with Crippen LogP contribution in [0.15, 0.2) is 46.8 Å². The third kappa shape index (κ3) is 2.60. The quantitative estimate of drug-likeness (QED) is 0.603. The number of nitrogens with two attached hydrogens (primary N) is 1. The average Bonchev–Trinajstić information content (AvgIpc) is 2.73. The summed E-state index contributed by atoms with van der Waals surface area (Å²) in [6.07, 6.45) is 3.94. The molecule has 1 aliphatic heterocycles. The van der Waals surface area contributed by atoms with Gasteiger partial charge in [0.2, 0.25) is 5.79 Å². The van der Waals surface area contributed by atoms with Gasteiger partial charge in [-0.25, -0.2) is 0 Å². The van der Waals surface area contributed by atoms with E-state index in [0.29, 0.717) is 0 Å². The van der Waals surface area contributed by atoms with E-state index in [9.17, 15) is 0 Å². The van der Waals surface area contributed by atoms with Crippen molar-refractivity contribution in [2.45, 2.75) is 25.6 Å². The molecule has 2 rings (SSSR count). The minimum atomic E-state index is -0.865. The van der Waals surface area contributed by atoms with Crippen molar-refractivity contribution >= 4 is 5.57 Å². The highest BCUT2D eigenvalue weighted by atomic mass is 15.4. The number of benzene rings is 1. The van der Waals surface area contributed by atoms with Gasteiger partial charge >= 0.3 is 0 Å². The van der Waals surface area contributed by atoms with Gasteiger partial charge in [0.1, 0.15) is 0 Å². The molecule has 0 saturated heterocycles. The molecule has 0 radical (unpaired) electrons. The van der Waals surface area contributed by atoms with E-state index in [-0.39, 0.29) is 0 Å². The predicted molar refractivity (Wildman–Crippen MR) is 69.1 cm³/mol. The topological polar surface area (TPSA) is 62.8 Å². The maximum atomic E-state index is 6.24. The van der Waals surface area contributed by atoms with Crippen LogP contribution < -0.4 is 11.1 Å². The molecule has 90 valence electrons. The van der Waals surface area contributed by atoms with Crippen molar-refractivity contribution in [3.05, 3.63) is 42.1 Å². The SMILES string of the molecule is CCCCNC1(N)N=NC=C1c1ccccc1. The van der Waals surface area contributed by atoms with E-state index in [1.165, 1.54) is 0 Å². The minimum absolute atomic E-state index is 0.843. The molecule has 0 bridgehead atoms. The normalized spacial score (nSPS) is 22.8. The Morgan fingerprint density at radius 2 is 2.06 bits per heavy atom. The molecule has 17 heavy (non-hydrogen) atoms. The van der Waals surface area contributed by atoms with E-state index in [1.54, 1.807) is 6.20 Å². The summed E-state index contributed by atoms with van der Waals surface area (Å²) in [5.74, 6) is -0.865. The molecule has 0 aromatic heterocycles. The number of hydrogen-bond donors (Lipinski definition) is 2. The molecule has 0 amide bonds. The van der Waals surface area contributed by atoms with Crippen molar-refractivity contribution in [3.8, 4) is 0 Å². The average molecular weight is 230 g/mol. The summed E-state index contributed by atoms with van der Waals surface area (Å²) in [4.78, 5) is 0. The van der Waals surface area contributed by atoms with E-state index in [0.717, 1.165) is 30.5 Å². The molecular formula is C13H18N4. The van der Waals surface area contributed by atoms with E-state index in [2.05, 4.69) is 22.5 Å². The Morgan fingerprint density at radius 3 is 2.76 bits per heavy atom. The first-order chi connectivity index (χ1) is 8.26. The lowest BCUT2D eigenvalue weighted by Gasteiger charge is -2.24. The Kier molecular flexibility index (Phi) is 3.66. The Balaban J connectivity index is 2.13. The van der Waals surface area contributed by atoms with Gasteiger partial charge in [-0.05, 0) is 18.5 Å². The molecule has 0 aliphatic carbocycles. The Labute approximate surface area is 102 Å². The third-order valence-corrected chi connectivity index (χ3v) is 2.82. The van der Waals surface area contributed by atoms with Crippen molar-refractivity contribution in [1.82, 2.24) is 5.32 Å². The molecule has 4 heteroatoms. The first kappa shape index (κ1) is 12.0. The molecule has 0 saturated carbocycles. The van der Waals surface area contributed by atoms with E-state index >= 15 is 0 Å². The van der Waals surface area contributed by atoms with Crippen molar-refractivity contribution < 1.29 is 0 Å². The summed E-state index contributed by atoms with van der Waals surface area (Å²) in [7, 11) is 0. The second-order valence-electron chi connectivity index (χ2n) is 4.17. The number of hydrogen-bond acceptors (Lipinski definition) is 4. The number of nitrogens with one attached hydrogen (secondary N) is 1. The van der Waals surface area contributed by atoms with Crippen molar-refractivity contribution in [1.29, 1.82) is 0 Å². The molecule has 3 N–H and O–H groups in total. The number of rotatable bonds is 5. The second kappa shape index (κ2) is 5.21. The van der Waals surface area contributed by atoms with Gasteiger partial charge in [-0.3, -0.25) is 11.1 Å². The lowest BCUT2D eigenvalue weighted by atomic mass is 10.0. The van der Waals surface area contributed by atoms with Crippen LogP contribution in [0, 0.1) is 0 Å². The van der Waals surface area contributed by atoms with Gasteiger partial charge in [0.15, 0.2) is 0 Å². The van der Waals surface area contributed by atoms with Gasteiger partial charge in [-0.1, -0.05) is 43.7 Å². The highest BCUT2D eigenvalue weighted by molar-refractivity contribution is 5.73. The van der Waals surface area contributed by atoms with Crippen LogP contribution in [0.4, 0.5) is 0 Å². The van der Waals surface area contributed by atoms with Gasteiger partial charge in [0.05, 0.1) is 6.20 Å². The molecule has 1 aromatic rings. The Hall–Kier alpha value is -1.52. The fourth-order valence-corrected chi connectivity index (χ4v) is 1.83. The van der Waals surface area contributed by atoms with Crippen molar-refractivity contribution in [3.63, 3.8) is 0 Å². The minimum Gasteiger partial charge on any atom is -0.289 e. The fraction of sp³-hybridized carbons (Fsp3) is 0.385. The molecule has 1 heterocycles. The van der Waals surface area contributed by atoms with Crippen LogP contribution in [0.1, 0.15) is 25.3 Å². The van der Waals surface area contributed by atoms with Gasteiger partial charge < -0.3 is 0 Å². The zero-order chi connectivity index (χ0) is 12.1. The first-order valence-electron chi connectivity index (χ1n) is 5.98. The van der Waals surface area contributed by atoms with Crippen LogP contribution >= 0.6 is 0 Å². The summed E-state index contributed by atoms with van der Waals surface area (Å²) in [6.45, 7) is 2.99. The Morgan fingerprint density at radius 1 is 1.29 bits per heavy atom. The molecule has 1 aliphatic rings. The van der Waals surface area contributed by atoms with Crippen LogP contribution in [0.2, 0.25) is 0 Å². The molecule has 4 nitrogen and oxygen atoms in total. The van der Waals surface area contributed by atoms with Crippen LogP contribution in [-0.2, 0) is 0 Å². The van der Waals surface area contributed by atoms with Gasteiger partial charge in [0, 0.05) is 5.57 Å². The smallest absolute Gasteiger partial charge is 0.211 e. The van der Waals surface area contributed by atoms with Crippen LogP contribution in [0.5, 0.6) is 0 Å². The molecule has 1 unspecified atom stereocenters. The summed E-state index contributed by atoms with van der Waals surface area (Å²) in [5.41, 5.74) is 8.22. The molecule has 1 atom stereocenters. The largest absolute Gasteiger partial charge is 0.289 e. The maximum Gasteiger partial charge on any atom is 0.211 e. The molecular weight excluding hydrogens is 212 g/mol. The molecule has 1 aromatic carbocycles. The monoisotopic (exact) mass is 230 g/mol. The third-order valence-electron chi connectivity index (χ3n) is 2.82. The first-order valence-corrected chi connectivity index (χ1v) is 5.98. The summed E-state index contributed by atoms with van der Waals surface area (Å²) in [6, 6.07) is 9.99. The lowest BCUT2D eigenvalue weighted by Crippen LogP contribution is -2.51. The zero-order valence-electron chi connectivity index (χ0n) is 10.1. The summed E-state index contributed by atoms with van der Waals surface area (Å²) >= 11 is 0. The zero-order valence-corrected chi connectivity index (χ0v) is 10.1. The maximum absolute atomic E-state index is 6.24. The van der Waals surface area contributed by atoms with E-state index < -0.39 is 5.79 Å². The standard InChI is InChI=1S/C13H18N4/c1-2-3-9-15-13(14)12(10-16-17-13)11-7-5-4-6-8-11/h4-8,10,15H,2-3,9,14H2,1H3. The number of nitrogens with zero attached hydrogens (tertiary/aromatic N) is 2. The van der Waals surface area contributed by atoms with E-state index in [4.69, 9.17) is 5.73 Å². The predicted octanol–water partition coefficient (Wildman–Crippen LogP) is 2.50. The molecule has 0 fully saturated rings. The summed E-state index contributed by atoms with van der Waals surface area (Å²) in [5, 5.41) is 11.3. The van der Waals surface area contributed by atoms with Gasteiger partial charge in [-0.15, -0.1) is 5.11 Å². The second-order valence-corrected chi connectivity index (χ2v) is 4.17. The number of unbranched alkanes of at least 4 members (excludes halogenated alkanes) is 1. The molecule has 0 spiro atoms. The lowest BCUT2D eigenvalue weighted by molar-refractivity contribution is 0.435. The van der Waals surface area contributed by atoms with Crippen LogP contribution in [0.25, 0.3) is 5.57 Å². The summed E-state index contributed by atoms with van der Waals surface area (Å²) < 4.78 is 0. The number of azo groups is 1. The fourth-order valence-electron chi connectivity index (χ4n) is 1.83. The van der Waals surface area contributed by atoms with Crippen LogP contribution in [-0.4, -0.2) is 12.3 Å².